The van der Waals surface area contributed by atoms with Gasteiger partial charge in [0.05, 0.1) is 4.92 Å². The van der Waals surface area contributed by atoms with Crippen LogP contribution in [0.3, 0.4) is 0 Å². The predicted octanol–water partition coefficient (Wildman–Crippen LogP) is 0.331. The maximum absolute atomic E-state index is 10.8. The van der Waals surface area contributed by atoms with Crippen molar-refractivity contribution >= 4 is 17.3 Å². The molecule has 0 aliphatic carbocycles. The standard InChI is InChI=1S/C9H16N6O2/c1-3-14(2)5-4-11-9-7(15(16)17)8(10)12-6-13-9/h6H,3-5H2,1-2H3,(H3,10,11,12,13). The van der Waals surface area contributed by atoms with Crippen molar-refractivity contribution < 1.29 is 4.92 Å². The van der Waals surface area contributed by atoms with E-state index in [1.54, 1.807) is 0 Å². The van der Waals surface area contributed by atoms with Gasteiger partial charge in [-0.1, -0.05) is 6.92 Å². The molecule has 0 bridgehead atoms. The van der Waals surface area contributed by atoms with Crippen molar-refractivity contribution in [2.24, 2.45) is 0 Å². The third kappa shape index (κ3) is 3.52. The SMILES string of the molecule is CCN(C)CCNc1ncnc(N)c1[N+](=O)[O-]. The van der Waals surface area contributed by atoms with Gasteiger partial charge in [-0.2, -0.15) is 0 Å². The third-order valence-electron chi connectivity index (χ3n) is 2.36. The van der Waals surface area contributed by atoms with E-state index < -0.39 is 4.92 Å². The minimum absolute atomic E-state index is 0.128. The summed E-state index contributed by atoms with van der Waals surface area (Å²) < 4.78 is 0. The monoisotopic (exact) mass is 240 g/mol. The highest BCUT2D eigenvalue weighted by molar-refractivity contribution is 5.67. The molecule has 94 valence electrons. The Hall–Kier alpha value is -1.96. The van der Waals surface area contributed by atoms with Gasteiger partial charge in [-0.3, -0.25) is 10.1 Å². The highest BCUT2D eigenvalue weighted by atomic mass is 16.6. The second kappa shape index (κ2) is 5.94. The number of nitrogen functional groups attached to an aromatic ring is 1. The van der Waals surface area contributed by atoms with Crippen molar-refractivity contribution in [1.29, 1.82) is 0 Å². The first kappa shape index (κ1) is 13.1. The van der Waals surface area contributed by atoms with Gasteiger partial charge >= 0.3 is 5.69 Å². The summed E-state index contributed by atoms with van der Waals surface area (Å²) >= 11 is 0. The molecule has 17 heavy (non-hydrogen) atoms. The molecule has 1 aromatic rings. The molecule has 0 radical (unpaired) electrons. The highest BCUT2D eigenvalue weighted by Crippen LogP contribution is 2.25. The minimum Gasteiger partial charge on any atom is -0.378 e. The molecule has 1 aromatic heterocycles. The van der Waals surface area contributed by atoms with Crippen LogP contribution in [0.25, 0.3) is 0 Å². The Morgan fingerprint density at radius 2 is 2.29 bits per heavy atom. The van der Waals surface area contributed by atoms with Crippen molar-refractivity contribution in [2.75, 3.05) is 37.7 Å². The van der Waals surface area contributed by atoms with Crippen LogP contribution in [0.2, 0.25) is 0 Å². The van der Waals surface area contributed by atoms with Crippen LogP contribution in [0.1, 0.15) is 6.92 Å². The molecule has 1 rings (SSSR count). The Morgan fingerprint density at radius 3 is 2.88 bits per heavy atom. The van der Waals surface area contributed by atoms with Crippen molar-refractivity contribution in [2.45, 2.75) is 6.92 Å². The predicted molar refractivity (Wildman–Crippen MR) is 64.8 cm³/mol. The Morgan fingerprint density at radius 1 is 1.59 bits per heavy atom. The lowest BCUT2D eigenvalue weighted by Gasteiger charge is -2.14. The second-order valence-corrected chi connectivity index (χ2v) is 3.54. The zero-order valence-corrected chi connectivity index (χ0v) is 9.88. The first-order valence-electron chi connectivity index (χ1n) is 5.23. The lowest BCUT2D eigenvalue weighted by Crippen LogP contribution is -2.25. The molecule has 3 N–H and O–H groups in total. The minimum atomic E-state index is -0.582. The molecular formula is C9H16N6O2. The molecule has 0 aromatic carbocycles. The number of anilines is 2. The molecule has 0 amide bonds. The summed E-state index contributed by atoms with van der Waals surface area (Å²) in [6.07, 6.45) is 1.20. The Labute approximate surface area is 99.0 Å². The number of rotatable bonds is 6. The molecule has 0 saturated carbocycles. The molecule has 0 unspecified atom stereocenters. The summed E-state index contributed by atoms with van der Waals surface area (Å²) in [6, 6.07) is 0. The van der Waals surface area contributed by atoms with Crippen LogP contribution in [0.5, 0.6) is 0 Å². The smallest absolute Gasteiger partial charge is 0.352 e. The summed E-state index contributed by atoms with van der Waals surface area (Å²) in [5, 5.41) is 13.7. The Bertz CT molecular complexity index is 397. The quantitative estimate of drug-likeness (QED) is 0.544. The maximum Gasteiger partial charge on any atom is 0.352 e. The van der Waals surface area contributed by atoms with E-state index in [1.165, 1.54) is 6.33 Å². The highest BCUT2D eigenvalue weighted by Gasteiger charge is 2.20. The molecule has 0 fully saturated rings. The van der Waals surface area contributed by atoms with Crippen LogP contribution in [0.15, 0.2) is 6.33 Å². The van der Waals surface area contributed by atoms with E-state index in [2.05, 4.69) is 20.2 Å². The fourth-order valence-corrected chi connectivity index (χ4v) is 1.23. The summed E-state index contributed by atoms with van der Waals surface area (Å²) in [6.45, 7) is 4.26. The lowest BCUT2D eigenvalue weighted by atomic mass is 10.4. The van der Waals surface area contributed by atoms with Gasteiger partial charge in [0, 0.05) is 13.1 Å². The summed E-state index contributed by atoms with van der Waals surface area (Å²) in [5.41, 5.74) is 5.17. The number of nitrogens with zero attached hydrogens (tertiary/aromatic N) is 4. The van der Waals surface area contributed by atoms with Crippen LogP contribution >= 0.6 is 0 Å². The number of aromatic nitrogens is 2. The molecule has 0 spiro atoms. The maximum atomic E-state index is 10.8. The molecule has 0 aliphatic heterocycles. The van der Waals surface area contributed by atoms with Crippen LogP contribution in [0.4, 0.5) is 17.3 Å². The van der Waals surface area contributed by atoms with Gasteiger partial charge in [-0.05, 0) is 13.6 Å². The molecule has 8 heteroatoms. The van der Waals surface area contributed by atoms with Crippen molar-refractivity contribution in [3.63, 3.8) is 0 Å². The van der Waals surface area contributed by atoms with E-state index in [4.69, 9.17) is 5.73 Å². The number of nitrogens with one attached hydrogen (secondary N) is 1. The second-order valence-electron chi connectivity index (χ2n) is 3.54. The fourth-order valence-electron chi connectivity index (χ4n) is 1.23. The normalized spacial score (nSPS) is 10.5. The Balaban J connectivity index is 2.71. The van der Waals surface area contributed by atoms with Crippen molar-refractivity contribution in [1.82, 2.24) is 14.9 Å². The fraction of sp³-hybridized carbons (Fsp3) is 0.556. The van der Waals surface area contributed by atoms with Gasteiger partial charge in [0.2, 0.25) is 11.6 Å². The number of nitrogens with two attached hydrogens (primary N) is 1. The van der Waals surface area contributed by atoms with Crippen molar-refractivity contribution in [3.8, 4) is 0 Å². The first-order valence-corrected chi connectivity index (χ1v) is 5.23. The van der Waals surface area contributed by atoms with Crippen LogP contribution in [-0.2, 0) is 0 Å². The van der Waals surface area contributed by atoms with Gasteiger partial charge in [0.25, 0.3) is 0 Å². The van der Waals surface area contributed by atoms with Gasteiger partial charge in [-0.25, -0.2) is 9.97 Å². The van der Waals surface area contributed by atoms with E-state index in [9.17, 15) is 10.1 Å². The van der Waals surface area contributed by atoms with E-state index in [-0.39, 0.29) is 17.3 Å². The first-order chi connectivity index (χ1) is 8.06. The third-order valence-corrected chi connectivity index (χ3v) is 2.36. The zero-order valence-electron chi connectivity index (χ0n) is 9.88. The molecule has 0 aliphatic rings. The Kier molecular flexibility index (Phi) is 4.58. The van der Waals surface area contributed by atoms with Gasteiger partial charge < -0.3 is 16.0 Å². The number of hydrogen-bond donors (Lipinski definition) is 2. The average molecular weight is 240 g/mol. The largest absolute Gasteiger partial charge is 0.378 e. The molecular weight excluding hydrogens is 224 g/mol. The molecule has 0 saturated heterocycles. The van der Waals surface area contributed by atoms with E-state index >= 15 is 0 Å². The van der Waals surface area contributed by atoms with E-state index in [0.29, 0.717) is 6.54 Å². The van der Waals surface area contributed by atoms with Crippen LogP contribution < -0.4 is 11.1 Å². The van der Waals surface area contributed by atoms with Gasteiger partial charge in [0.1, 0.15) is 6.33 Å². The van der Waals surface area contributed by atoms with E-state index in [0.717, 1.165) is 13.1 Å². The van der Waals surface area contributed by atoms with Crippen LogP contribution in [-0.4, -0.2) is 46.5 Å². The number of likely N-dealkylation sites (N-methyl/N-ethyl adjacent to an activating group) is 1. The van der Waals surface area contributed by atoms with E-state index in [1.807, 2.05) is 14.0 Å². The number of hydrogen-bond acceptors (Lipinski definition) is 7. The number of nitro groups is 1. The van der Waals surface area contributed by atoms with Gasteiger partial charge in [-0.15, -0.1) is 0 Å². The summed E-state index contributed by atoms with van der Waals surface area (Å²) in [5.74, 6) is 0.0309. The molecule has 1 heterocycles. The summed E-state index contributed by atoms with van der Waals surface area (Å²) in [4.78, 5) is 19.7. The van der Waals surface area contributed by atoms with Gasteiger partial charge in [0.15, 0.2) is 0 Å². The van der Waals surface area contributed by atoms with Crippen molar-refractivity contribution in [3.05, 3.63) is 16.4 Å². The zero-order chi connectivity index (χ0) is 12.8. The lowest BCUT2D eigenvalue weighted by molar-refractivity contribution is -0.383. The molecule has 8 nitrogen and oxygen atoms in total. The average Bonchev–Trinajstić information content (AvgIpc) is 2.28. The topological polar surface area (TPSA) is 110 Å². The summed E-state index contributed by atoms with van der Waals surface area (Å²) in [7, 11) is 1.96. The van der Waals surface area contributed by atoms with Crippen LogP contribution in [0, 0.1) is 10.1 Å². The molecule has 0 atom stereocenters.